The standard InChI is InChI=1S/C3H6N6.C3H8N2O4/c4-1-7-2(5)9-3(6)8-1;4-2(7)5(1-6)3(8)9/h(H6,4,5,6,7,8,9);3,6,8-9H,1H2,(H2,4,7). The minimum absolute atomic E-state index is 0.0417. The first-order chi connectivity index (χ1) is 8.27. The average Bonchev–Trinajstić information content (AvgIpc) is 2.15. The fraction of sp³-hybridized carbons (Fsp3) is 0.333. The average molecular weight is 262 g/mol. The second-order valence-electron chi connectivity index (χ2n) is 2.71. The van der Waals surface area contributed by atoms with Gasteiger partial charge in [-0.3, -0.25) is 4.90 Å². The van der Waals surface area contributed by atoms with Crippen molar-refractivity contribution in [1.29, 1.82) is 0 Å². The molecule has 11 N–H and O–H groups in total. The third-order valence-corrected chi connectivity index (χ3v) is 1.40. The maximum atomic E-state index is 10.0. The molecule has 0 unspecified atom stereocenters. The summed E-state index contributed by atoms with van der Waals surface area (Å²) in [5, 5.41) is 24.6. The molecule has 0 saturated carbocycles. The molecule has 1 aromatic rings. The molecule has 102 valence electrons. The van der Waals surface area contributed by atoms with Crippen molar-refractivity contribution in [2.24, 2.45) is 5.73 Å². The van der Waals surface area contributed by atoms with E-state index in [4.69, 9.17) is 32.5 Å². The van der Waals surface area contributed by atoms with Crippen molar-refractivity contribution < 1.29 is 20.1 Å². The molecule has 1 rings (SSSR count). The number of nitrogens with zero attached hydrogens (tertiary/aromatic N) is 4. The molecule has 0 fully saturated rings. The third kappa shape index (κ3) is 5.59. The Morgan fingerprint density at radius 3 is 1.56 bits per heavy atom. The zero-order chi connectivity index (χ0) is 14.3. The van der Waals surface area contributed by atoms with E-state index in [-0.39, 0.29) is 22.7 Å². The van der Waals surface area contributed by atoms with Crippen LogP contribution in [0.2, 0.25) is 0 Å². The summed E-state index contributed by atoms with van der Waals surface area (Å²) in [6.45, 7) is -0.812. The summed E-state index contributed by atoms with van der Waals surface area (Å²) in [5.74, 6) is 0.125. The van der Waals surface area contributed by atoms with Crippen LogP contribution < -0.4 is 22.9 Å². The lowest BCUT2D eigenvalue weighted by molar-refractivity contribution is -0.151. The van der Waals surface area contributed by atoms with Gasteiger partial charge < -0.3 is 38.3 Å². The van der Waals surface area contributed by atoms with Crippen LogP contribution in [0, 0.1) is 0 Å². The smallest absolute Gasteiger partial charge is 0.320 e. The van der Waals surface area contributed by atoms with Gasteiger partial charge in [0.25, 0.3) is 0 Å². The summed E-state index contributed by atoms with van der Waals surface area (Å²) in [7, 11) is 0. The molecule has 0 atom stereocenters. The molecule has 0 saturated heterocycles. The van der Waals surface area contributed by atoms with E-state index in [9.17, 15) is 4.79 Å². The molecular weight excluding hydrogens is 248 g/mol. The number of hydrogen-bond acceptors (Lipinski definition) is 10. The van der Waals surface area contributed by atoms with E-state index in [2.05, 4.69) is 20.7 Å². The maximum absolute atomic E-state index is 10.0. The summed E-state index contributed by atoms with van der Waals surface area (Å²) >= 11 is 0. The molecule has 0 aliphatic heterocycles. The van der Waals surface area contributed by atoms with Crippen molar-refractivity contribution >= 4 is 23.9 Å². The van der Waals surface area contributed by atoms with Crippen LogP contribution in [-0.2, 0) is 0 Å². The number of nitrogen functional groups attached to an aromatic ring is 3. The topological polar surface area (TPSA) is 224 Å². The zero-order valence-corrected chi connectivity index (χ0v) is 9.13. The largest absolute Gasteiger partial charge is 0.376 e. The number of aliphatic hydroxyl groups excluding tert-OH is 2. The third-order valence-electron chi connectivity index (χ3n) is 1.40. The Morgan fingerprint density at radius 1 is 1.11 bits per heavy atom. The molecule has 12 nitrogen and oxygen atoms in total. The van der Waals surface area contributed by atoms with E-state index >= 15 is 0 Å². The van der Waals surface area contributed by atoms with Crippen LogP contribution in [-0.4, -0.2) is 54.3 Å². The zero-order valence-electron chi connectivity index (χ0n) is 9.13. The minimum Gasteiger partial charge on any atom is -0.376 e. The van der Waals surface area contributed by atoms with E-state index in [0.29, 0.717) is 0 Å². The van der Waals surface area contributed by atoms with Crippen LogP contribution in [0.5, 0.6) is 0 Å². The number of amides is 2. The number of aromatic nitrogens is 3. The molecule has 18 heavy (non-hydrogen) atoms. The molecule has 1 heterocycles. The summed E-state index contributed by atoms with van der Waals surface area (Å²) in [6.07, 6.45) is -2.03. The lowest BCUT2D eigenvalue weighted by Crippen LogP contribution is -2.43. The predicted octanol–water partition coefficient (Wildman–Crippen LogP) is -3.80. The molecule has 1 aromatic heterocycles. The van der Waals surface area contributed by atoms with Crippen molar-refractivity contribution in [2.75, 3.05) is 23.9 Å². The SMILES string of the molecule is NC(=O)N(CO)C(O)O.Nc1nc(N)nc(N)n1. The first-order valence-corrected chi connectivity index (χ1v) is 4.33. The number of anilines is 3. The summed E-state index contributed by atoms with van der Waals surface area (Å²) < 4.78 is 0. The Balaban J connectivity index is 0.000000321. The Bertz CT molecular complexity index is 349. The Morgan fingerprint density at radius 2 is 1.44 bits per heavy atom. The summed E-state index contributed by atoms with van der Waals surface area (Å²) in [4.78, 5) is 20.8. The van der Waals surface area contributed by atoms with Gasteiger partial charge in [-0.15, -0.1) is 0 Å². The Kier molecular flexibility index (Phi) is 6.05. The maximum Gasteiger partial charge on any atom is 0.320 e. The highest BCUT2D eigenvalue weighted by Gasteiger charge is 2.13. The number of nitrogens with two attached hydrogens (primary N) is 4. The number of primary amides is 1. The van der Waals surface area contributed by atoms with Gasteiger partial charge >= 0.3 is 6.03 Å². The van der Waals surface area contributed by atoms with E-state index < -0.39 is 19.2 Å². The quantitative estimate of drug-likeness (QED) is 0.257. The van der Waals surface area contributed by atoms with Gasteiger partial charge in [0.05, 0.1) is 0 Å². The molecule has 0 spiro atoms. The highest BCUT2D eigenvalue weighted by molar-refractivity contribution is 5.71. The van der Waals surface area contributed by atoms with Crippen LogP contribution in [0.4, 0.5) is 22.6 Å². The van der Waals surface area contributed by atoms with E-state index in [1.54, 1.807) is 0 Å². The van der Waals surface area contributed by atoms with E-state index in [1.165, 1.54) is 0 Å². The van der Waals surface area contributed by atoms with Gasteiger partial charge in [-0.05, 0) is 0 Å². The van der Waals surface area contributed by atoms with E-state index in [0.717, 1.165) is 0 Å². The normalized spacial score (nSPS) is 9.56. The van der Waals surface area contributed by atoms with Gasteiger partial charge in [0.2, 0.25) is 24.3 Å². The van der Waals surface area contributed by atoms with Crippen molar-refractivity contribution in [1.82, 2.24) is 19.9 Å². The van der Waals surface area contributed by atoms with Crippen molar-refractivity contribution in [3.63, 3.8) is 0 Å². The van der Waals surface area contributed by atoms with Gasteiger partial charge in [0, 0.05) is 0 Å². The monoisotopic (exact) mass is 262 g/mol. The van der Waals surface area contributed by atoms with Gasteiger partial charge in [0.15, 0.2) is 0 Å². The lowest BCUT2D eigenvalue weighted by atomic mass is 10.8. The molecule has 0 aliphatic rings. The van der Waals surface area contributed by atoms with Crippen LogP contribution >= 0.6 is 0 Å². The van der Waals surface area contributed by atoms with E-state index in [1.807, 2.05) is 0 Å². The first-order valence-electron chi connectivity index (χ1n) is 4.33. The summed E-state index contributed by atoms with van der Waals surface area (Å²) in [6, 6.07) is -1.09. The van der Waals surface area contributed by atoms with Crippen molar-refractivity contribution in [3.05, 3.63) is 0 Å². The number of urea groups is 1. The number of carbonyl (C=O) groups excluding carboxylic acids is 1. The molecule has 0 aliphatic carbocycles. The van der Waals surface area contributed by atoms with Gasteiger partial charge in [-0.1, -0.05) is 0 Å². The van der Waals surface area contributed by atoms with Gasteiger partial charge in [0.1, 0.15) is 6.73 Å². The Hall–Kier alpha value is -2.44. The number of rotatable bonds is 2. The second kappa shape index (κ2) is 7.00. The Labute approximate surface area is 101 Å². The summed E-state index contributed by atoms with van der Waals surface area (Å²) in [5.41, 5.74) is 20.0. The molecule has 0 bridgehead atoms. The molecule has 0 aromatic carbocycles. The number of aliphatic hydroxyl groups is 3. The van der Waals surface area contributed by atoms with Crippen molar-refractivity contribution in [2.45, 2.75) is 6.41 Å². The predicted molar refractivity (Wildman–Crippen MR) is 59.8 cm³/mol. The van der Waals surface area contributed by atoms with Gasteiger partial charge in [-0.2, -0.15) is 15.0 Å². The van der Waals surface area contributed by atoms with Crippen molar-refractivity contribution in [3.8, 4) is 0 Å². The van der Waals surface area contributed by atoms with Crippen LogP contribution in [0.25, 0.3) is 0 Å². The number of carbonyl (C=O) groups is 1. The number of hydrogen-bond donors (Lipinski definition) is 7. The van der Waals surface area contributed by atoms with Gasteiger partial charge in [-0.25, -0.2) is 4.79 Å². The van der Waals surface area contributed by atoms with Crippen LogP contribution in [0.1, 0.15) is 0 Å². The fourth-order valence-electron chi connectivity index (χ4n) is 0.684. The molecule has 2 amide bonds. The van der Waals surface area contributed by atoms with Crippen LogP contribution in [0.3, 0.4) is 0 Å². The molecular formula is C6H14N8O4. The lowest BCUT2D eigenvalue weighted by Gasteiger charge is -2.17. The molecule has 12 heteroatoms. The first kappa shape index (κ1) is 15.6. The fourth-order valence-corrected chi connectivity index (χ4v) is 0.684. The molecule has 0 radical (unpaired) electrons. The van der Waals surface area contributed by atoms with Crippen LogP contribution in [0.15, 0.2) is 0 Å². The second-order valence-corrected chi connectivity index (χ2v) is 2.71. The minimum atomic E-state index is -2.03. The highest BCUT2D eigenvalue weighted by atomic mass is 16.5. The highest BCUT2D eigenvalue weighted by Crippen LogP contribution is 1.97.